The summed E-state index contributed by atoms with van der Waals surface area (Å²) in [5, 5.41) is 18.5. The lowest BCUT2D eigenvalue weighted by Crippen LogP contribution is -2.32. The van der Waals surface area contributed by atoms with Crippen molar-refractivity contribution in [2.75, 3.05) is 0 Å². The smallest absolute Gasteiger partial charge is 0.173 e. The van der Waals surface area contributed by atoms with E-state index < -0.39 is 7.26 Å². The molecule has 5 heteroatoms. The van der Waals surface area contributed by atoms with Gasteiger partial charge in [0.15, 0.2) is 12.4 Å². The summed E-state index contributed by atoms with van der Waals surface area (Å²) in [5.41, 5.74) is 9.69. The quantitative estimate of drug-likeness (QED) is 0.280. The van der Waals surface area contributed by atoms with Crippen molar-refractivity contribution < 1.29 is 0 Å². The molecule has 4 nitrogen and oxygen atoms in total. The van der Waals surface area contributed by atoms with E-state index in [1.807, 2.05) is 0 Å². The Morgan fingerprint density at radius 3 is 1.03 bits per heavy atom. The molecular weight excluding hydrogens is 411 g/mol. The van der Waals surface area contributed by atoms with Gasteiger partial charge in [0.25, 0.3) is 0 Å². The molecule has 0 saturated carbocycles. The first-order valence-corrected chi connectivity index (χ1v) is 12.0. The largest absolute Gasteiger partial charge is 0.337 e. The van der Waals surface area contributed by atoms with Crippen molar-refractivity contribution in [3.05, 3.63) is 127 Å². The maximum atomic E-state index is 7.10. The van der Waals surface area contributed by atoms with Crippen molar-refractivity contribution in [1.82, 2.24) is 0 Å². The van der Waals surface area contributed by atoms with Crippen LogP contribution in [0.3, 0.4) is 0 Å². The Bertz CT molecular complexity index is 1010. The summed E-state index contributed by atoms with van der Waals surface area (Å²) in [6.07, 6.45) is 3.53. The molecule has 4 aromatic carbocycles. The van der Waals surface area contributed by atoms with Crippen LogP contribution in [0.4, 0.5) is 0 Å². The van der Waals surface area contributed by atoms with E-state index in [2.05, 4.69) is 133 Å². The van der Waals surface area contributed by atoms with Gasteiger partial charge in [-0.2, -0.15) is 10.5 Å². The van der Waals surface area contributed by atoms with Crippen LogP contribution in [-0.2, 0) is 6.16 Å². The van der Waals surface area contributed by atoms with Gasteiger partial charge in [0.1, 0.15) is 23.2 Å². The van der Waals surface area contributed by atoms with Gasteiger partial charge in [-0.05, 0) is 42.0 Å². The van der Waals surface area contributed by atoms with Gasteiger partial charge in [-0.3, -0.25) is 0 Å². The Balaban J connectivity index is 0.000000547. The average Bonchev–Trinajstić information content (AvgIpc) is 2.86. The number of hydrogen-bond acceptors (Lipinski definition) is 4. The highest BCUT2D eigenvalue weighted by molar-refractivity contribution is 7.95. The summed E-state index contributed by atoms with van der Waals surface area (Å²) in [6, 6.07) is 44.0. The Morgan fingerprint density at radius 2 is 0.750 bits per heavy atom. The van der Waals surface area contributed by atoms with E-state index in [0.717, 1.165) is 6.16 Å². The molecule has 0 amide bonds. The number of rotatable bonds is 5. The third-order valence-corrected chi connectivity index (χ3v) is 9.23. The lowest BCUT2D eigenvalue weighted by molar-refractivity contribution is 1.39. The lowest BCUT2D eigenvalue weighted by Gasteiger charge is -2.27. The topological polar surface area (TPSA) is 99.6 Å². The van der Waals surface area contributed by atoms with Gasteiger partial charge in [-0.1, -0.05) is 84.9 Å². The van der Waals surface area contributed by atoms with Crippen LogP contribution in [0.1, 0.15) is 5.56 Å². The third kappa shape index (κ3) is 6.19. The monoisotopic (exact) mass is 437 g/mol. The summed E-state index contributed by atoms with van der Waals surface area (Å²) in [4.78, 5) is 0. The second-order valence-corrected chi connectivity index (χ2v) is 10.2. The maximum Gasteiger partial charge on any atom is 0.173 e. The number of nitrogens with two attached hydrogens (primary N) is 2. The molecule has 0 aromatic heterocycles. The van der Waals surface area contributed by atoms with E-state index in [9.17, 15) is 0 Å². The fourth-order valence-corrected chi connectivity index (χ4v) is 7.87. The molecule has 4 N–H and O–H groups in total. The molecule has 0 saturated heterocycles. The number of nitrogens with zero attached hydrogens (tertiary/aromatic N) is 2. The van der Waals surface area contributed by atoms with Crippen LogP contribution in [-0.4, -0.2) is 0 Å². The SMILES string of the molecule is N#CN.N#CN.c1ccc(C[P+](c2ccccc2)(c2ccccc2)c2ccccc2)cc1. The average molecular weight is 438 g/mol. The third-order valence-electron chi connectivity index (χ3n) is 4.85. The van der Waals surface area contributed by atoms with Crippen molar-refractivity contribution in [3.63, 3.8) is 0 Å². The van der Waals surface area contributed by atoms with Gasteiger partial charge in [-0.15, -0.1) is 0 Å². The molecule has 0 spiro atoms. The van der Waals surface area contributed by atoms with Crippen LogP contribution >= 0.6 is 7.26 Å². The van der Waals surface area contributed by atoms with Crippen LogP contribution in [0.15, 0.2) is 121 Å². The Hall–Kier alpha value is -4.11. The molecule has 0 bridgehead atoms. The molecule has 0 radical (unpaired) electrons. The second-order valence-electron chi connectivity index (χ2n) is 6.72. The van der Waals surface area contributed by atoms with E-state index in [4.69, 9.17) is 10.5 Å². The van der Waals surface area contributed by atoms with Crippen molar-refractivity contribution >= 4 is 23.2 Å². The summed E-state index contributed by atoms with van der Waals surface area (Å²) in [5.74, 6) is 0. The van der Waals surface area contributed by atoms with Crippen LogP contribution in [0, 0.1) is 22.9 Å². The predicted molar refractivity (Wildman–Crippen MR) is 135 cm³/mol. The maximum absolute atomic E-state index is 7.10. The summed E-state index contributed by atoms with van der Waals surface area (Å²) in [6.45, 7) is 0. The predicted octanol–water partition coefficient (Wildman–Crippen LogP) is 4.03. The molecule has 0 aliphatic carbocycles. The molecule has 32 heavy (non-hydrogen) atoms. The number of nitriles is 2. The van der Waals surface area contributed by atoms with Gasteiger partial charge in [0, 0.05) is 0 Å². The molecule has 0 fully saturated rings. The zero-order chi connectivity index (χ0) is 23.1. The minimum atomic E-state index is -1.78. The zero-order valence-electron chi connectivity index (χ0n) is 17.8. The van der Waals surface area contributed by atoms with E-state index in [0.29, 0.717) is 0 Å². The molecular formula is C27H26N4P+. The van der Waals surface area contributed by atoms with Crippen molar-refractivity contribution in [2.45, 2.75) is 6.16 Å². The van der Waals surface area contributed by atoms with Crippen LogP contribution in [0.2, 0.25) is 0 Å². The van der Waals surface area contributed by atoms with E-state index in [-0.39, 0.29) is 0 Å². The Labute approximate surface area is 190 Å². The highest BCUT2D eigenvalue weighted by Crippen LogP contribution is 2.58. The van der Waals surface area contributed by atoms with Crippen molar-refractivity contribution in [3.8, 4) is 12.4 Å². The van der Waals surface area contributed by atoms with Gasteiger partial charge >= 0.3 is 0 Å². The first-order valence-electron chi connectivity index (χ1n) is 10.0. The fraction of sp³-hybridized carbons (Fsp3) is 0.0370. The van der Waals surface area contributed by atoms with Gasteiger partial charge in [-0.25, -0.2) is 0 Å². The van der Waals surface area contributed by atoms with Gasteiger partial charge in [0.05, 0.1) is 6.16 Å². The summed E-state index contributed by atoms with van der Waals surface area (Å²) in [7, 11) is -1.78. The van der Waals surface area contributed by atoms with E-state index in [1.54, 1.807) is 0 Å². The number of hydrogen-bond donors (Lipinski definition) is 2. The molecule has 4 rings (SSSR count). The Kier molecular flexibility index (Phi) is 10.0. The highest BCUT2D eigenvalue weighted by Gasteiger charge is 2.45. The number of benzene rings is 4. The molecule has 0 heterocycles. The highest BCUT2D eigenvalue weighted by atomic mass is 31.2. The first-order chi connectivity index (χ1) is 15.7. The standard InChI is InChI=1S/C25H22P.2CH2N2/c1-5-13-22(14-6-1)21-26(23-15-7-2-8-16-23,24-17-9-3-10-18-24)25-19-11-4-12-20-25;2*2-1-3/h1-20H,21H2;2*2H2/q+1;;. The molecule has 0 aliphatic rings. The molecule has 0 atom stereocenters. The second kappa shape index (κ2) is 13.2. The molecule has 4 aromatic rings. The molecule has 0 aliphatic heterocycles. The van der Waals surface area contributed by atoms with Crippen molar-refractivity contribution in [2.24, 2.45) is 11.5 Å². The molecule has 0 unspecified atom stereocenters. The minimum absolute atomic E-state index is 1.03. The minimum Gasteiger partial charge on any atom is -0.337 e. The fourth-order valence-electron chi connectivity index (χ4n) is 3.63. The molecule has 158 valence electrons. The Morgan fingerprint density at radius 1 is 0.500 bits per heavy atom. The van der Waals surface area contributed by atoms with Crippen LogP contribution < -0.4 is 27.4 Å². The zero-order valence-corrected chi connectivity index (χ0v) is 18.6. The normalized spacial score (nSPS) is 9.56. The summed E-state index contributed by atoms with van der Waals surface area (Å²) < 4.78 is 0. The van der Waals surface area contributed by atoms with Crippen molar-refractivity contribution in [1.29, 1.82) is 10.5 Å². The van der Waals surface area contributed by atoms with E-state index >= 15 is 0 Å². The van der Waals surface area contributed by atoms with Crippen LogP contribution in [0.25, 0.3) is 0 Å². The first kappa shape index (κ1) is 24.2. The summed E-state index contributed by atoms with van der Waals surface area (Å²) >= 11 is 0. The lowest BCUT2D eigenvalue weighted by atomic mass is 10.2. The van der Waals surface area contributed by atoms with Gasteiger partial charge < -0.3 is 11.5 Å². The van der Waals surface area contributed by atoms with Crippen LogP contribution in [0.5, 0.6) is 0 Å². The van der Waals surface area contributed by atoms with Gasteiger partial charge in [0.2, 0.25) is 0 Å². The van der Waals surface area contributed by atoms with E-state index in [1.165, 1.54) is 33.9 Å².